The van der Waals surface area contributed by atoms with Gasteiger partial charge >= 0.3 is 12.2 Å². The number of benzene rings is 3. The molecule has 2 amide bonds. The summed E-state index contributed by atoms with van der Waals surface area (Å²) in [6.07, 6.45) is -4.60. The highest BCUT2D eigenvalue weighted by Gasteiger charge is 2.33. The SMILES string of the molecule is Cc1cccc(CSc2nnc(CNC(=O)Nc3ccccc3C(F)(F)F)n2-c2cc(Cl)ccc2C)c1. The lowest BCUT2D eigenvalue weighted by Crippen LogP contribution is -2.30. The van der Waals surface area contributed by atoms with E-state index in [-0.39, 0.29) is 12.2 Å². The Kier molecular flexibility index (Phi) is 8.09. The molecule has 0 aliphatic carbocycles. The zero-order valence-corrected chi connectivity index (χ0v) is 21.5. The fourth-order valence-electron chi connectivity index (χ4n) is 3.69. The van der Waals surface area contributed by atoms with Gasteiger partial charge in [-0.3, -0.25) is 4.57 Å². The highest BCUT2D eigenvalue weighted by atomic mass is 35.5. The van der Waals surface area contributed by atoms with Crippen molar-refractivity contribution in [3.8, 4) is 5.69 Å². The molecular formula is C26H23ClF3N5OS. The second-order valence-electron chi connectivity index (χ2n) is 8.29. The lowest BCUT2D eigenvalue weighted by molar-refractivity contribution is -0.136. The molecule has 0 aliphatic heterocycles. The van der Waals surface area contributed by atoms with Crippen molar-refractivity contribution in [3.63, 3.8) is 0 Å². The Labute approximate surface area is 221 Å². The molecule has 3 aromatic carbocycles. The number of hydrogen-bond acceptors (Lipinski definition) is 4. The van der Waals surface area contributed by atoms with Gasteiger partial charge in [0.05, 0.1) is 23.5 Å². The number of nitrogens with zero attached hydrogens (tertiary/aromatic N) is 3. The quantitative estimate of drug-likeness (QED) is 0.241. The van der Waals surface area contributed by atoms with Crippen LogP contribution in [0.2, 0.25) is 5.02 Å². The Morgan fingerprint density at radius 3 is 2.57 bits per heavy atom. The second kappa shape index (κ2) is 11.3. The fraction of sp³-hybridized carbons (Fsp3) is 0.192. The maximum Gasteiger partial charge on any atom is 0.418 e. The molecule has 0 fully saturated rings. The van der Waals surface area contributed by atoms with Gasteiger partial charge in [-0.2, -0.15) is 13.2 Å². The molecule has 0 spiro atoms. The summed E-state index contributed by atoms with van der Waals surface area (Å²) in [5.74, 6) is 1.04. The fourth-order valence-corrected chi connectivity index (χ4v) is 4.76. The molecule has 1 aromatic heterocycles. The molecule has 4 rings (SSSR count). The number of nitrogens with one attached hydrogen (secondary N) is 2. The first kappa shape index (κ1) is 26.6. The van der Waals surface area contributed by atoms with Crippen molar-refractivity contribution < 1.29 is 18.0 Å². The third kappa shape index (κ3) is 6.64. The van der Waals surface area contributed by atoms with Crippen LogP contribution in [0.1, 0.15) is 28.1 Å². The molecule has 1 heterocycles. The molecule has 0 aliphatic rings. The van der Waals surface area contributed by atoms with Crippen molar-refractivity contribution in [2.24, 2.45) is 0 Å². The van der Waals surface area contributed by atoms with Crippen LogP contribution in [0.5, 0.6) is 0 Å². The van der Waals surface area contributed by atoms with Crippen LogP contribution in [-0.4, -0.2) is 20.8 Å². The Morgan fingerprint density at radius 2 is 1.81 bits per heavy atom. The molecule has 0 saturated carbocycles. The van der Waals surface area contributed by atoms with Gasteiger partial charge in [-0.15, -0.1) is 10.2 Å². The average molecular weight is 546 g/mol. The number of carbonyl (C=O) groups excluding carboxylic acids is 1. The number of anilines is 1. The van der Waals surface area contributed by atoms with Gasteiger partial charge in [0.1, 0.15) is 0 Å². The van der Waals surface area contributed by atoms with Crippen LogP contribution in [0, 0.1) is 13.8 Å². The summed E-state index contributed by atoms with van der Waals surface area (Å²) >= 11 is 7.74. The zero-order chi connectivity index (χ0) is 26.6. The summed E-state index contributed by atoms with van der Waals surface area (Å²) < 4.78 is 41.6. The topological polar surface area (TPSA) is 71.8 Å². The third-order valence-corrected chi connectivity index (χ3v) is 6.69. The van der Waals surface area contributed by atoms with E-state index in [4.69, 9.17) is 11.6 Å². The number of aromatic nitrogens is 3. The van der Waals surface area contributed by atoms with E-state index < -0.39 is 17.8 Å². The summed E-state index contributed by atoms with van der Waals surface area (Å²) in [4.78, 5) is 12.5. The monoisotopic (exact) mass is 545 g/mol. The van der Waals surface area contributed by atoms with Crippen LogP contribution in [0.25, 0.3) is 5.69 Å². The van der Waals surface area contributed by atoms with Gasteiger partial charge in [-0.05, 0) is 49.2 Å². The van der Waals surface area contributed by atoms with Gasteiger partial charge in [-0.1, -0.05) is 71.4 Å². The average Bonchev–Trinajstić information content (AvgIpc) is 3.25. The van der Waals surface area contributed by atoms with Gasteiger partial charge in [0.15, 0.2) is 11.0 Å². The predicted octanol–water partition coefficient (Wildman–Crippen LogP) is 7.17. The zero-order valence-electron chi connectivity index (χ0n) is 19.9. The summed E-state index contributed by atoms with van der Waals surface area (Å²) in [6.45, 7) is 3.86. The number of rotatable bonds is 7. The molecule has 37 heavy (non-hydrogen) atoms. The van der Waals surface area contributed by atoms with E-state index >= 15 is 0 Å². The van der Waals surface area contributed by atoms with E-state index in [2.05, 4.69) is 26.9 Å². The van der Waals surface area contributed by atoms with Crippen molar-refractivity contribution in [3.05, 3.63) is 99.8 Å². The highest BCUT2D eigenvalue weighted by Crippen LogP contribution is 2.34. The van der Waals surface area contributed by atoms with Crippen molar-refractivity contribution in [2.75, 3.05) is 5.32 Å². The Bertz CT molecular complexity index is 1420. The molecule has 0 saturated heterocycles. The van der Waals surface area contributed by atoms with Crippen molar-refractivity contribution in [1.82, 2.24) is 20.1 Å². The number of carbonyl (C=O) groups is 1. The van der Waals surface area contributed by atoms with E-state index in [1.807, 2.05) is 38.1 Å². The highest BCUT2D eigenvalue weighted by molar-refractivity contribution is 7.98. The van der Waals surface area contributed by atoms with Gasteiger partial charge in [0, 0.05) is 10.8 Å². The van der Waals surface area contributed by atoms with Gasteiger partial charge < -0.3 is 10.6 Å². The van der Waals surface area contributed by atoms with E-state index in [1.54, 1.807) is 16.7 Å². The number of amides is 2. The predicted molar refractivity (Wildman–Crippen MR) is 139 cm³/mol. The first-order chi connectivity index (χ1) is 17.6. The summed E-state index contributed by atoms with van der Waals surface area (Å²) in [5, 5.41) is 14.5. The minimum atomic E-state index is -4.60. The lowest BCUT2D eigenvalue weighted by atomic mass is 10.1. The molecule has 0 atom stereocenters. The minimum Gasteiger partial charge on any atom is -0.331 e. The molecule has 11 heteroatoms. The number of alkyl halides is 3. The number of para-hydroxylation sites is 1. The van der Waals surface area contributed by atoms with Crippen LogP contribution >= 0.6 is 23.4 Å². The first-order valence-electron chi connectivity index (χ1n) is 11.2. The van der Waals surface area contributed by atoms with Gasteiger partial charge in [0.2, 0.25) is 0 Å². The van der Waals surface area contributed by atoms with Crippen LogP contribution < -0.4 is 10.6 Å². The standard InChI is InChI=1S/C26H23ClF3N5OS/c1-16-6-5-7-18(12-16)15-37-25-34-33-23(35(25)22-13-19(27)11-10-17(22)2)14-31-24(36)32-21-9-4-3-8-20(21)26(28,29)30/h3-13H,14-15H2,1-2H3,(H2,31,32,36). The number of urea groups is 1. The third-order valence-electron chi connectivity index (χ3n) is 5.45. The van der Waals surface area contributed by atoms with Crippen LogP contribution in [0.15, 0.2) is 71.9 Å². The lowest BCUT2D eigenvalue weighted by Gasteiger charge is -2.15. The van der Waals surface area contributed by atoms with Crippen LogP contribution in [0.4, 0.5) is 23.7 Å². The van der Waals surface area contributed by atoms with E-state index in [0.717, 1.165) is 28.4 Å². The number of halogens is 4. The first-order valence-corrected chi connectivity index (χ1v) is 12.6. The molecule has 6 nitrogen and oxygen atoms in total. The second-order valence-corrected chi connectivity index (χ2v) is 9.67. The minimum absolute atomic E-state index is 0.0794. The van der Waals surface area contributed by atoms with E-state index in [1.165, 1.54) is 30.0 Å². The Morgan fingerprint density at radius 1 is 1.03 bits per heavy atom. The van der Waals surface area contributed by atoms with Crippen LogP contribution in [0.3, 0.4) is 0 Å². The normalized spacial score (nSPS) is 11.4. The summed E-state index contributed by atoms with van der Waals surface area (Å²) in [5.41, 5.74) is 2.64. The van der Waals surface area contributed by atoms with E-state index in [9.17, 15) is 18.0 Å². The Hall–Kier alpha value is -3.50. The number of aryl methyl sites for hydroxylation is 2. The van der Waals surface area contributed by atoms with Crippen molar-refractivity contribution in [1.29, 1.82) is 0 Å². The number of hydrogen-bond donors (Lipinski definition) is 2. The number of thioether (sulfide) groups is 1. The smallest absolute Gasteiger partial charge is 0.331 e. The molecule has 0 unspecified atom stereocenters. The van der Waals surface area contributed by atoms with E-state index in [0.29, 0.717) is 21.8 Å². The maximum atomic E-state index is 13.3. The largest absolute Gasteiger partial charge is 0.418 e. The molecule has 0 radical (unpaired) electrons. The van der Waals surface area contributed by atoms with Gasteiger partial charge in [0.25, 0.3) is 0 Å². The summed E-state index contributed by atoms with van der Waals surface area (Å²) in [6, 6.07) is 17.5. The Balaban J connectivity index is 1.57. The maximum absolute atomic E-state index is 13.3. The molecule has 0 bridgehead atoms. The molecular weight excluding hydrogens is 523 g/mol. The molecule has 4 aromatic rings. The molecule has 2 N–H and O–H groups in total. The van der Waals surface area contributed by atoms with Crippen molar-refractivity contribution in [2.45, 2.75) is 37.5 Å². The van der Waals surface area contributed by atoms with Crippen molar-refractivity contribution >= 4 is 35.1 Å². The van der Waals surface area contributed by atoms with Gasteiger partial charge in [-0.25, -0.2) is 4.79 Å². The summed E-state index contributed by atoms with van der Waals surface area (Å²) in [7, 11) is 0. The molecule has 192 valence electrons. The van der Waals surface area contributed by atoms with Crippen LogP contribution in [-0.2, 0) is 18.5 Å².